The standard InChI is InChI=1S/C24H21ClN4OS/c1-31-24-28-27-23(15-18-6-3-2-4-7-18)29(24)26-16-20-8-5-9-22(14-20)30-17-19-10-12-21(25)13-11-19/h2-14,16H,15,17H2,1H3/b26-16-. The predicted octanol–water partition coefficient (Wildman–Crippen LogP) is 5.71. The van der Waals surface area contributed by atoms with Crippen molar-refractivity contribution in [1.82, 2.24) is 14.9 Å². The van der Waals surface area contributed by atoms with Crippen LogP contribution < -0.4 is 4.74 Å². The maximum absolute atomic E-state index is 5.94. The highest BCUT2D eigenvalue weighted by Gasteiger charge is 2.11. The Kier molecular flexibility index (Phi) is 7.02. The molecule has 7 heteroatoms. The molecule has 0 unspecified atom stereocenters. The molecular formula is C24H21ClN4OS. The van der Waals surface area contributed by atoms with E-state index in [0.717, 1.165) is 33.4 Å². The highest BCUT2D eigenvalue weighted by atomic mass is 35.5. The molecule has 1 heterocycles. The van der Waals surface area contributed by atoms with Gasteiger partial charge in [0.15, 0.2) is 5.82 Å². The maximum Gasteiger partial charge on any atom is 0.211 e. The van der Waals surface area contributed by atoms with Crippen molar-refractivity contribution in [1.29, 1.82) is 0 Å². The number of thioether (sulfide) groups is 1. The molecule has 5 nitrogen and oxygen atoms in total. The number of benzene rings is 3. The van der Waals surface area contributed by atoms with E-state index >= 15 is 0 Å². The van der Waals surface area contributed by atoms with Crippen LogP contribution in [-0.4, -0.2) is 27.3 Å². The third-order valence-corrected chi connectivity index (χ3v) is 5.44. The minimum absolute atomic E-state index is 0.473. The summed E-state index contributed by atoms with van der Waals surface area (Å²) >= 11 is 7.45. The number of hydrogen-bond donors (Lipinski definition) is 0. The summed E-state index contributed by atoms with van der Waals surface area (Å²) in [6.07, 6.45) is 4.43. The Hall–Kier alpha value is -3.09. The lowest BCUT2D eigenvalue weighted by Gasteiger charge is -2.07. The average Bonchev–Trinajstić information content (AvgIpc) is 3.19. The fraction of sp³-hybridized carbons (Fsp3) is 0.125. The fourth-order valence-corrected chi connectivity index (χ4v) is 3.56. The van der Waals surface area contributed by atoms with E-state index in [1.807, 2.05) is 73.0 Å². The molecule has 3 aromatic carbocycles. The van der Waals surface area contributed by atoms with Crippen LogP contribution in [0.3, 0.4) is 0 Å². The summed E-state index contributed by atoms with van der Waals surface area (Å²) in [4.78, 5) is 0. The number of nitrogens with zero attached hydrogens (tertiary/aromatic N) is 4. The lowest BCUT2D eigenvalue weighted by atomic mass is 10.1. The zero-order chi connectivity index (χ0) is 21.5. The van der Waals surface area contributed by atoms with Crippen LogP contribution in [0.4, 0.5) is 0 Å². The quantitative estimate of drug-likeness (QED) is 0.256. The Labute approximate surface area is 190 Å². The van der Waals surface area contributed by atoms with Gasteiger partial charge in [-0.2, -0.15) is 9.78 Å². The normalized spacial score (nSPS) is 11.2. The first kappa shape index (κ1) is 21.2. The van der Waals surface area contributed by atoms with Crippen LogP contribution in [0.5, 0.6) is 5.75 Å². The van der Waals surface area contributed by atoms with Crippen LogP contribution in [-0.2, 0) is 13.0 Å². The molecule has 4 aromatic rings. The van der Waals surface area contributed by atoms with Crippen molar-refractivity contribution in [2.45, 2.75) is 18.2 Å². The first-order valence-corrected chi connectivity index (χ1v) is 11.4. The van der Waals surface area contributed by atoms with Crippen molar-refractivity contribution in [3.63, 3.8) is 0 Å². The van der Waals surface area contributed by atoms with Crippen molar-refractivity contribution >= 4 is 29.6 Å². The van der Waals surface area contributed by atoms with E-state index in [4.69, 9.17) is 16.3 Å². The Morgan fingerprint density at radius 1 is 0.968 bits per heavy atom. The van der Waals surface area contributed by atoms with Gasteiger partial charge in [0.05, 0.1) is 6.21 Å². The summed E-state index contributed by atoms with van der Waals surface area (Å²) in [7, 11) is 0. The van der Waals surface area contributed by atoms with E-state index < -0.39 is 0 Å². The van der Waals surface area contributed by atoms with Crippen molar-refractivity contribution in [3.8, 4) is 5.75 Å². The predicted molar refractivity (Wildman–Crippen MR) is 126 cm³/mol. The molecule has 0 spiro atoms. The summed E-state index contributed by atoms with van der Waals surface area (Å²) in [5.41, 5.74) is 3.15. The van der Waals surface area contributed by atoms with Gasteiger partial charge in [-0.25, -0.2) is 0 Å². The van der Waals surface area contributed by atoms with Crippen LogP contribution in [0.2, 0.25) is 5.02 Å². The molecule has 156 valence electrons. The first-order valence-electron chi connectivity index (χ1n) is 9.75. The van der Waals surface area contributed by atoms with E-state index in [0.29, 0.717) is 18.1 Å². The first-order chi connectivity index (χ1) is 15.2. The number of halogens is 1. The van der Waals surface area contributed by atoms with Crippen LogP contribution in [0, 0.1) is 0 Å². The molecule has 0 bridgehead atoms. The zero-order valence-electron chi connectivity index (χ0n) is 17.0. The highest BCUT2D eigenvalue weighted by molar-refractivity contribution is 7.98. The van der Waals surface area contributed by atoms with Crippen molar-refractivity contribution < 1.29 is 4.74 Å². The Morgan fingerprint density at radius 3 is 2.55 bits per heavy atom. The third-order valence-electron chi connectivity index (χ3n) is 4.56. The van der Waals surface area contributed by atoms with E-state index in [1.54, 1.807) is 10.9 Å². The minimum atomic E-state index is 0.473. The molecule has 1 aromatic heterocycles. The summed E-state index contributed by atoms with van der Waals surface area (Å²) in [5, 5.41) is 14.7. The summed E-state index contributed by atoms with van der Waals surface area (Å²) in [6.45, 7) is 0.473. The molecular weight excluding hydrogens is 428 g/mol. The van der Waals surface area contributed by atoms with Crippen LogP contribution in [0.25, 0.3) is 0 Å². The van der Waals surface area contributed by atoms with Gasteiger partial charge in [0.1, 0.15) is 12.4 Å². The van der Waals surface area contributed by atoms with Crippen LogP contribution in [0.15, 0.2) is 89.1 Å². The second kappa shape index (κ2) is 10.3. The second-order valence-corrected chi connectivity index (χ2v) is 8.02. The Bertz CT molecular complexity index is 1160. The molecule has 0 atom stereocenters. The van der Waals surface area contributed by atoms with Gasteiger partial charge in [-0.15, -0.1) is 10.2 Å². The SMILES string of the molecule is CSc1nnc(Cc2ccccc2)n1/N=C\c1cccc(OCc2ccc(Cl)cc2)c1. The molecule has 4 rings (SSSR count). The topological polar surface area (TPSA) is 52.3 Å². The largest absolute Gasteiger partial charge is 0.489 e. The van der Waals surface area contributed by atoms with Gasteiger partial charge in [0, 0.05) is 11.4 Å². The highest BCUT2D eigenvalue weighted by Crippen LogP contribution is 2.18. The van der Waals surface area contributed by atoms with Gasteiger partial charge in [-0.05, 0) is 47.2 Å². The van der Waals surface area contributed by atoms with Crippen molar-refractivity contribution in [3.05, 3.63) is 106 Å². The maximum atomic E-state index is 5.94. The van der Waals surface area contributed by atoms with Crippen LogP contribution in [0.1, 0.15) is 22.5 Å². The fourth-order valence-electron chi connectivity index (χ4n) is 2.98. The lowest BCUT2D eigenvalue weighted by molar-refractivity contribution is 0.306. The second-order valence-electron chi connectivity index (χ2n) is 6.81. The molecule has 0 amide bonds. The van der Waals surface area contributed by atoms with Crippen molar-refractivity contribution in [2.24, 2.45) is 5.10 Å². The number of rotatable bonds is 8. The Balaban J connectivity index is 1.49. The van der Waals surface area contributed by atoms with Crippen molar-refractivity contribution in [2.75, 3.05) is 6.26 Å². The molecule has 0 saturated heterocycles. The number of hydrogen-bond acceptors (Lipinski definition) is 5. The molecule has 31 heavy (non-hydrogen) atoms. The lowest BCUT2D eigenvalue weighted by Crippen LogP contribution is -2.01. The van der Waals surface area contributed by atoms with E-state index in [9.17, 15) is 0 Å². The summed E-state index contributed by atoms with van der Waals surface area (Å²) in [6, 6.07) is 25.6. The Morgan fingerprint density at radius 2 is 1.77 bits per heavy atom. The zero-order valence-corrected chi connectivity index (χ0v) is 18.6. The van der Waals surface area contributed by atoms with E-state index in [2.05, 4.69) is 27.4 Å². The number of ether oxygens (including phenoxy) is 1. The van der Waals surface area contributed by atoms with Gasteiger partial charge in [0.25, 0.3) is 0 Å². The number of aromatic nitrogens is 3. The smallest absolute Gasteiger partial charge is 0.211 e. The monoisotopic (exact) mass is 448 g/mol. The van der Waals surface area contributed by atoms with Gasteiger partial charge < -0.3 is 4.74 Å². The summed E-state index contributed by atoms with van der Waals surface area (Å²) < 4.78 is 7.71. The third kappa shape index (κ3) is 5.75. The van der Waals surface area contributed by atoms with Gasteiger partial charge in [-0.1, -0.05) is 78.0 Å². The molecule has 0 radical (unpaired) electrons. The molecule has 0 saturated carbocycles. The molecule has 0 aliphatic carbocycles. The average molecular weight is 449 g/mol. The van der Waals surface area contributed by atoms with Crippen LogP contribution >= 0.6 is 23.4 Å². The molecule has 0 aliphatic rings. The van der Waals surface area contributed by atoms with Gasteiger partial charge in [-0.3, -0.25) is 0 Å². The van der Waals surface area contributed by atoms with Gasteiger partial charge in [0.2, 0.25) is 5.16 Å². The summed E-state index contributed by atoms with van der Waals surface area (Å²) in [5.74, 6) is 1.57. The molecule has 0 aliphatic heterocycles. The molecule has 0 N–H and O–H groups in total. The van der Waals surface area contributed by atoms with E-state index in [-0.39, 0.29) is 0 Å². The van der Waals surface area contributed by atoms with Gasteiger partial charge >= 0.3 is 0 Å². The van der Waals surface area contributed by atoms with E-state index in [1.165, 1.54) is 11.8 Å². The molecule has 0 fully saturated rings. The minimum Gasteiger partial charge on any atom is -0.489 e.